The minimum atomic E-state index is -0.948. The summed E-state index contributed by atoms with van der Waals surface area (Å²) in [5.74, 6) is 0.353. The third-order valence-electron chi connectivity index (χ3n) is 3.82. The number of carbonyl (C=O) groups is 2. The molecule has 110 valence electrons. The van der Waals surface area contributed by atoms with Gasteiger partial charge in [-0.1, -0.05) is 13.3 Å². The van der Waals surface area contributed by atoms with Crippen LogP contribution >= 0.6 is 0 Å². The van der Waals surface area contributed by atoms with Gasteiger partial charge in [-0.2, -0.15) is 0 Å². The Kier molecular flexibility index (Phi) is 4.16. The topological polar surface area (TPSA) is 68.5 Å². The van der Waals surface area contributed by atoms with Gasteiger partial charge in [0.1, 0.15) is 11.3 Å². The molecule has 0 bridgehead atoms. The van der Waals surface area contributed by atoms with Crippen molar-refractivity contribution in [2.75, 3.05) is 7.11 Å². The summed E-state index contributed by atoms with van der Waals surface area (Å²) in [5.41, 5.74) is -0.948. The molecule has 1 heterocycles. The molecule has 20 heavy (non-hydrogen) atoms. The Labute approximate surface area is 118 Å². The summed E-state index contributed by atoms with van der Waals surface area (Å²) >= 11 is 0. The lowest BCUT2D eigenvalue weighted by Gasteiger charge is -2.27. The highest BCUT2D eigenvalue weighted by atomic mass is 16.5. The van der Waals surface area contributed by atoms with Gasteiger partial charge in [0.2, 0.25) is 5.91 Å². The summed E-state index contributed by atoms with van der Waals surface area (Å²) in [4.78, 5) is 24.1. The first-order valence-corrected chi connectivity index (χ1v) is 6.95. The van der Waals surface area contributed by atoms with Crippen LogP contribution in [0.25, 0.3) is 0 Å². The zero-order chi connectivity index (χ0) is 14.8. The van der Waals surface area contributed by atoms with E-state index in [9.17, 15) is 9.59 Å². The average molecular weight is 279 g/mol. The van der Waals surface area contributed by atoms with E-state index in [0.29, 0.717) is 6.42 Å². The minimum absolute atomic E-state index is 0.104. The molecule has 0 spiro atoms. The molecule has 0 radical (unpaired) electrons. The predicted molar refractivity (Wildman–Crippen MR) is 73.0 cm³/mol. The zero-order valence-electron chi connectivity index (χ0n) is 12.1. The molecule has 1 amide bonds. The van der Waals surface area contributed by atoms with Gasteiger partial charge in [0.25, 0.3) is 0 Å². The van der Waals surface area contributed by atoms with Crippen molar-refractivity contribution in [3.63, 3.8) is 0 Å². The molecule has 1 saturated carbocycles. The van der Waals surface area contributed by atoms with Crippen LogP contribution in [0.3, 0.4) is 0 Å². The number of hydrogen-bond acceptors (Lipinski definition) is 4. The first kappa shape index (κ1) is 14.6. The van der Waals surface area contributed by atoms with Crippen LogP contribution in [0.4, 0.5) is 0 Å². The van der Waals surface area contributed by atoms with Gasteiger partial charge in [0, 0.05) is 11.8 Å². The lowest BCUT2D eigenvalue weighted by atomic mass is 9.95. The second kappa shape index (κ2) is 5.69. The monoisotopic (exact) mass is 279 g/mol. The molecule has 1 fully saturated rings. The number of ether oxygens (including phenoxy) is 1. The first-order chi connectivity index (χ1) is 9.51. The molecule has 0 aromatic carbocycles. The lowest BCUT2D eigenvalue weighted by molar-refractivity contribution is -0.150. The quantitative estimate of drug-likeness (QED) is 0.811. The van der Waals surface area contributed by atoms with Crippen molar-refractivity contribution >= 4 is 11.9 Å². The van der Waals surface area contributed by atoms with Crippen LogP contribution in [-0.4, -0.2) is 24.5 Å². The Morgan fingerprint density at radius 2 is 2.30 bits per heavy atom. The van der Waals surface area contributed by atoms with Crippen molar-refractivity contribution in [1.82, 2.24) is 5.32 Å². The molecule has 1 aromatic heterocycles. The predicted octanol–water partition coefficient (Wildman–Crippen LogP) is 2.23. The second-order valence-electron chi connectivity index (χ2n) is 5.53. The first-order valence-electron chi connectivity index (χ1n) is 6.95. The van der Waals surface area contributed by atoms with Crippen LogP contribution in [0, 0.1) is 5.92 Å². The summed E-state index contributed by atoms with van der Waals surface area (Å²) in [7, 11) is 1.34. The Hall–Kier alpha value is -1.78. The van der Waals surface area contributed by atoms with Crippen LogP contribution in [0.5, 0.6) is 0 Å². The van der Waals surface area contributed by atoms with Crippen LogP contribution < -0.4 is 5.32 Å². The zero-order valence-corrected chi connectivity index (χ0v) is 12.1. The summed E-state index contributed by atoms with van der Waals surface area (Å²) < 4.78 is 10.1. The highest BCUT2D eigenvalue weighted by molar-refractivity contribution is 5.90. The molecule has 1 aliphatic carbocycles. The molecule has 3 unspecified atom stereocenters. The minimum Gasteiger partial charge on any atom is -0.469 e. The molecule has 5 nitrogen and oxygen atoms in total. The maximum Gasteiger partial charge on any atom is 0.331 e. The van der Waals surface area contributed by atoms with E-state index in [4.69, 9.17) is 9.15 Å². The number of hydrogen-bond donors (Lipinski definition) is 1. The molecule has 3 atom stereocenters. The van der Waals surface area contributed by atoms with E-state index < -0.39 is 11.5 Å². The number of methoxy groups -OCH3 is 1. The van der Waals surface area contributed by atoms with Crippen LogP contribution in [0.15, 0.2) is 22.8 Å². The van der Waals surface area contributed by atoms with Gasteiger partial charge in [-0.05, 0) is 31.9 Å². The highest BCUT2D eigenvalue weighted by Crippen LogP contribution is 2.47. The third-order valence-corrected chi connectivity index (χ3v) is 3.82. The molecule has 1 N–H and O–H groups in total. The van der Waals surface area contributed by atoms with E-state index in [1.54, 1.807) is 13.2 Å². The molecular formula is C15H21NO4. The van der Waals surface area contributed by atoms with Crippen molar-refractivity contribution < 1.29 is 18.7 Å². The summed E-state index contributed by atoms with van der Waals surface area (Å²) in [6, 6.07) is 3.70. The van der Waals surface area contributed by atoms with Crippen LogP contribution in [0.2, 0.25) is 0 Å². The standard InChI is InChI=1S/C15H21NO4/c1-4-7-15(2,14(18)19-3)16-13(17)11-9-10(11)12-6-5-8-20-12/h5-6,8,10-11H,4,7,9H2,1-3H3,(H,16,17). The molecular weight excluding hydrogens is 258 g/mol. The highest BCUT2D eigenvalue weighted by Gasteiger charge is 2.48. The van der Waals surface area contributed by atoms with E-state index in [2.05, 4.69) is 5.32 Å². The summed E-state index contributed by atoms with van der Waals surface area (Å²) in [6.45, 7) is 3.68. The normalized spacial score (nSPS) is 23.8. The fraction of sp³-hybridized carbons (Fsp3) is 0.600. The number of amides is 1. The number of carbonyl (C=O) groups excluding carboxylic acids is 2. The number of rotatable bonds is 6. The lowest BCUT2D eigenvalue weighted by Crippen LogP contribution is -2.53. The number of nitrogens with one attached hydrogen (secondary N) is 1. The Balaban J connectivity index is 1.98. The summed E-state index contributed by atoms with van der Waals surface area (Å²) in [5, 5.41) is 2.84. The van der Waals surface area contributed by atoms with Gasteiger partial charge in [-0.25, -0.2) is 4.79 Å². The van der Waals surface area contributed by atoms with Crippen molar-refractivity contribution in [2.24, 2.45) is 5.92 Å². The van der Waals surface area contributed by atoms with Gasteiger partial charge in [0.15, 0.2) is 0 Å². The smallest absolute Gasteiger partial charge is 0.331 e. The Morgan fingerprint density at radius 3 is 2.85 bits per heavy atom. The largest absolute Gasteiger partial charge is 0.469 e. The van der Waals surface area contributed by atoms with Crippen molar-refractivity contribution in [2.45, 2.75) is 44.6 Å². The summed E-state index contributed by atoms with van der Waals surface area (Å²) in [6.07, 6.45) is 3.72. The van der Waals surface area contributed by atoms with Crippen LogP contribution in [0.1, 0.15) is 44.8 Å². The van der Waals surface area contributed by atoms with Crippen molar-refractivity contribution in [3.8, 4) is 0 Å². The molecule has 0 saturated heterocycles. The van der Waals surface area contributed by atoms with E-state index in [-0.39, 0.29) is 17.7 Å². The maximum absolute atomic E-state index is 12.3. The molecule has 1 aliphatic rings. The van der Waals surface area contributed by atoms with E-state index in [1.807, 2.05) is 19.1 Å². The van der Waals surface area contributed by atoms with Crippen molar-refractivity contribution in [1.29, 1.82) is 0 Å². The number of esters is 1. The van der Waals surface area contributed by atoms with E-state index in [0.717, 1.165) is 18.6 Å². The fourth-order valence-corrected chi connectivity index (χ4v) is 2.61. The molecule has 2 rings (SSSR count). The van der Waals surface area contributed by atoms with Gasteiger partial charge in [-0.15, -0.1) is 0 Å². The number of furan rings is 1. The van der Waals surface area contributed by atoms with Gasteiger partial charge in [0.05, 0.1) is 13.4 Å². The third kappa shape index (κ3) is 2.86. The Morgan fingerprint density at radius 1 is 1.55 bits per heavy atom. The van der Waals surface area contributed by atoms with E-state index in [1.165, 1.54) is 7.11 Å². The molecule has 1 aromatic rings. The SMILES string of the molecule is CCCC(C)(NC(=O)C1CC1c1ccco1)C(=O)OC. The molecule has 5 heteroatoms. The molecule has 0 aliphatic heterocycles. The second-order valence-corrected chi connectivity index (χ2v) is 5.53. The Bertz CT molecular complexity index is 482. The average Bonchev–Trinajstić information content (AvgIpc) is 3.04. The maximum atomic E-state index is 12.3. The fourth-order valence-electron chi connectivity index (χ4n) is 2.61. The van der Waals surface area contributed by atoms with Gasteiger partial charge < -0.3 is 14.5 Å². The van der Waals surface area contributed by atoms with Crippen molar-refractivity contribution in [3.05, 3.63) is 24.2 Å². The van der Waals surface area contributed by atoms with Gasteiger partial charge in [-0.3, -0.25) is 4.79 Å². The van der Waals surface area contributed by atoms with E-state index >= 15 is 0 Å². The van der Waals surface area contributed by atoms with Crippen LogP contribution in [-0.2, 0) is 14.3 Å². The van der Waals surface area contributed by atoms with Gasteiger partial charge >= 0.3 is 5.97 Å².